The number of hydrogen-bond donors (Lipinski definition) is 3. The molecular weight excluding hydrogens is 756 g/mol. The van der Waals surface area contributed by atoms with Crippen molar-refractivity contribution in [2.45, 2.75) is 50.2 Å². The number of nitrogens with one attached hydrogen (secondary N) is 3. The summed E-state index contributed by atoms with van der Waals surface area (Å²) in [6, 6.07) is 32.5. The van der Waals surface area contributed by atoms with Crippen molar-refractivity contribution in [2.75, 3.05) is 10.6 Å². The number of anilines is 2. The van der Waals surface area contributed by atoms with E-state index in [1.54, 1.807) is 66.7 Å². The van der Waals surface area contributed by atoms with Crippen LogP contribution in [0.1, 0.15) is 69.9 Å². The van der Waals surface area contributed by atoms with Gasteiger partial charge in [0, 0.05) is 36.6 Å². The van der Waals surface area contributed by atoms with Crippen molar-refractivity contribution in [3.05, 3.63) is 152 Å². The van der Waals surface area contributed by atoms with Crippen LogP contribution in [-0.4, -0.2) is 17.7 Å². The first-order chi connectivity index (χ1) is 25.9. The Labute approximate surface area is 333 Å². The molecule has 2 unspecified atom stereocenters. The van der Waals surface area contributed by atoms with Crippen molar-refractivity contribution in [3.63, 3.8) is 0 Å². The fraction of sp³-hybridized carbons (Fsp3) is 0.209. The molecule has 3 amide bonds. The van der Waals surface area contributed by atoms with Crippen molar-refractivity contribution < 1.29 is 14.4 Å². The van der Waals surface area contributed by atoms with Gasteiger partial charge in [0.05, 0.1) is 5.56 Å². The highest BCUT2D eigenvalue weighted by molar-refractivity contribution is 8.00. The van der Waals surface area contributed by atoms with Crippen LogP contribution in [0.5, 0.6) is 0 Å². The summed E-state index contributed by atoms with van der Waals surface area (Å²) in [6.07, 6.45) is 4.16. The zero-order valence-corrected chi connectivity index (χ0v) is 33.1. The largest absolute Gasteiger partial charge is 0.321 e. The monoisotopic (exact) mass is 792 g/mol. The lowest BCUT2D eigenvalue weighted by molar-refractivity contribution is -0.116. The Morgan fingerprint density at radius 3 is 2.24 bits per heavy atom. The Balaban J connectivity index is 1.25. The Morgan fingerprint density at radius 2 is 1.57 bits per heavy atom. The summed E-state index contributed by atoms with van der Waals surface area (Å²) in [6.45, 7) is 6.76. The molecule has 11 heteroatoms. The second-order valence-electron chi connectivity index (χ2n) is 14.0. The van der Waals surface area contributed by atoms with Crippen molar-refractivity contribution in [3.8, 4) is 6.07 Å². The van der Waals surface area contributed by atoms with Gasteiger partial charge in [-0.3, -0.25) is 14.4 Å². The van der Waals surface area contributed by atoms with Gasteiger partial charge in [-0.15, -0.1) is 23.1 Å². The molecule has 0 saturated heterocycles. The quantitative estimate of drug-likeness (QED) is 0.0963. The predicted molar refractivity (Wildman–Crippen MR) is 221 cm³/mol. The van der Waals surface area contributed by atoms with E-state index in [9.17, 15) is 19.6 Å². The molecule has 1 aliphatic carbocycles. The third-order valence-corrected chi connectivity index (χ3v) is 12.4. The minimum atomic E-state index is -0.673. The lowest BCUT2D eigenvalue weighted by atomic mass is 9.72. The maximum Gasteiger partial charge on any atom is 0.272 e. The van der Waals surface area contributed by atoms with Gasteiger partial charge < -0.3 is 16.0 Å². The van der Waals surface area contributed by atoms with E-state index in [4.69, 9.17) is 23.2 Å². The molecule has 274 valence electrons. The maximum atomic E-state index is 14.1. The molecule has 0 fully saturated rings. The van der Waals surface area contributed by atoms with Crippen molar-refractivity contribution in [1.82, 2.24) is 5.32 Å². The van der Waals surface area contributed by atoms with Crippen LogP contribution in [0, 0.1) is 22.7 Å². The maximum absolute atomic E-state index is 14.1. The molecule has 3 N–H and O–H groups in total. The molecule has 1 aromatic heterocycles. The van der Waals surface area contributed by atoms with E-state index in [-0.39, 0.29) is 17.0 Å². The normalized spacial score (nSPS) is 14.7. The summed E-state index contributed by atoms with van der Waals surface area (Å²) in [4.78, 5) is 43.0. The fourth-order valence-corrected chi connectivity index (χ4v) is 9.20. The second kappa shape index (κ2) is 17.1. The number of halogens is 2. The number of fused-ring (bicyclic) bond motifs is 1. The van der Waals surface area contributed by atoms with Gasteiger partial charge in [-0.2, -0.15) is 5.26 Å². The molecule has 54 heavy (non-hydrogen) atoms. The van der Waals surface area contributed by atoms with Gasteiger partial charge in [0.2, 0.25) is 5.91 Å². The van der Waals surface area contributed by atoms with Crippen molar-refractivity contribution in [2.24, 2.45) is 11.3 Å². The number of thioether (sulfide) groups is 1. The highest BCUT2D eigenvalue weighted by Gasteiger charge is 2.33. The highest BCUT2D eigenvalue weighted by atomic mass is 35.5. The van der Waals surface area contributed by atoms with Crippen LogP contribution >= 0.6 is 46.3 Å². The number of benzene rings is 4. The zero-order chi connectivity index (χ0) is 38.4. The third-order valence-electron chi connectivity index (χ3n) is 9.34. The first kappa shape index (κ1) is 38.9. The summed E-state index contributed by atoms with van der Waals surface area (Å²) in [5, 5.41) is 19.4. The number of carbonyl (C=O) groups excluding carboxylic acids is 3. The number of thiophene rings is 1. The lowest BCUT2D eigenvalue weighted by Crippen LogP contribution is -2.30. The first-order valence-corrected chi connectivity index (χ1v) is 19.9. The Morgan fingerprint density at radius 1 is 0.907 bits per heavy atom. The molecule has 0 spiro atoms. The zero-order valence-electron chi connectivity index (χ0n) is 29.9. The summed E-state index contributed by atoms with van der Waals surface area (Å²) in [5.41, 5.74) is 3.65. The van der Waals surface area contributed by atoms with Crippen LogP contribution in [0.2, 0.25) is 10.0 Å². The Hall–Kier alpha value is -4.85. The molecule has 1 heterocycles. The molecule has 0 bridgehead atoms. The van der Waals surface area contributed by atoms with Crippen LogP contribution in [-0.2, 0) is 22.4 Å². The smallest absolute Gasteiger partial charge is 0.272 e. The van der Waals surface area contributed by atoms with E-state index in [0.29, 0.717) is 48.2 Å². The SMILES string of the molecule is CC(C)(C)C1CCc2c(sc(NC(=O)C(Sc3cccc(NC(=O)/C(=C\c4c(Cl)cccc4Cl)NC(=O)c4ccccc4)c3)c3ccccc3)c2C#N)C1. The van der Waals surface area contributed by atoms with Gasteiger partial charge in [-0.25, -0.2) is 0 Å². The molecule has 0 aliphatic heterocycles. The van der Waals surface area contributed by atoms with Gasteiger partial charge in [0.1, 0.15) is 22.0 Å². The molecule has 0 saturated carbocycles. The molecule has 4 aromatic carbocycles. The number of carbonyl (C=O) groups is 3. The van der Waals surface area contributed by atoms with E-state index < -0.39 is 17.1 Å². The minimum absolute atomic E-state index is 0.0702. The number of amides is 3. The van der Waals surface area contributed by atoms with Gasteiger partial charge >= 0.3 is 0 Å². The second-order valence-corrected chi connectivity index (χ2v) is 17.1. The highest BCUT2D eigenvalue weighted by Crippen LogP contribution is 2.45. The van der Waals surface area contributed by atoms with Crippen molar-refractivity contribution >= 4 is 80.8 Å². The van der Waals surface area contributed by atoms with Crippen LogP contribution in [0.25, 0.3) is 6.08 Å². The minimum Gasteiger partial charge on any atom is -0.321 e. The summed E-state index contributed by atoms with van der Waals surface area (Å²) in [5.74, 6) is -0.844. The van der Waals surface area contributed by atoms with Crippen LogP contribution < -0.4 is 16.0 Å². The number of hydrogen-bond acceptors (Lipinski definition) is 6. The van der Waals surface area contributed by atoms with Gasteiger partial charge in [-0.05, 0) is 90.3 Å². The van der Waals surface area contributed by atoms with E-state index in [0.717, 1.165) is 30.4 Å². The van der Waals surface area contributed by atoms with E-state index in [1.165, 1.54) is 34.1 Å². The summed E-state index contributed by atoms with van der Waals surface area (Å²) in [7, 11) is 0. The standard InChI is InChI=1S/C43H38Cl2N4O3S2/c1-43(2,3)28-20-21-31-33(25-46)42(54-37(31)22-28)49-41(52)38(26-12-6-4-7-13-26)53-30-17-10-16-29(23-30)47-40(51)36(24-32-34(44)18-11-19-35(32)45)48-39(50)27-14-8-5-9-15-27/h4-19,23-24,28,38H,20-22H2,1-3H3,(H,47,51)(H,48,50)(H,49,52)/b36-24+. The molecule has 6 rings (SSSR count). The summed E-state index contributed by atoms with van der Waals surface area (Å²) >= 11 is 15.7. The van der Waals surface area contributed by atoms with Gasteiger partial charge in [-0.1, -0.05) is 105 Å². The number of nitriles is 1. The fourth-order valence-electron chi connectivity index (χ4n) is 6.33. The van der Waals surface area contributed by atoms with Gasteiger partial charge in [0.25, 0.3) is 11.8 Å². The molecule has 0 radical (unpaired) electrons. The number of nitrogens with zero attached hydrogens (tertiary/aromatic N) is 1. The molecular formula is C43H38Cl2N4O3S2. The molecule has 2 atom stereocenters. The molecule has 7 nitrogen and oxygen atoms in total. The van der Waals surface area contributed by atoms with Crippen molar-refractivity contribution in [1.29, 1.82) is 5.26 Å². The lowest BCUT2D eigenvalue weighted by Gasteiger charge is -2.33. The van der Waals surface area contributed by atoms with Crippen LogP contribution in [0.4, 0.5) is 10.7 Å². The predicted octanol–water partition coefficient (Wildman–Crippen LogP) is 11.0. The third kappa shape index (κ3) is 9.26. The average Bonchev–Trinajstić information content (AvgIpc) is 3.51. The van der Waals surface area contributed by atoms with Crippen LogP contribution in [0.15, 0.2) is 114 Å². The number of rotatable bonds is 10. The van der Waals surface area contributed by atoms with Crippen LogP contribution in [0.3, 0.4) is 0 Å². The van der Waals surface area contributed by atoms with E-state index in [1.807, 2.05) is 36.4 Å². The average molecular weight is 794 g/mol. The Kier molecular flexibility index (Phi) is 12.3. The molecule has 1 aliphatic rings. The van der Waals surface area contributed by atoms with Gasteiger partial charge in [0.15, 0.2) is 0 Å². The Bertz CT molecular complexity index is 2240. The first-order valence-electron chi connectivity index (χ1n) is 17.4. The van der Waals surface area contributed by atoms with E-state index in [2.05, 4.69) is 42.8 Å². The molecule has 5 aromatic rings. The van der Waals surface area contributed by atoms with E-state index >= 15 is 0 Å². The summed E-state index contributed by atoms with van der Waals surface area (Å²) < 4.78 is 0. The topological polar surface area (TPSA) is 111 Å².